The highest BCUT2D eigenvalue weighted by Gasteiger charge is 2.11. The fourth-order valence-electron chi connectivity index (χ4n) is 1.84. The molecule has 2 rings (SSSR count). The standard InChI is InChI=1S/C15H16N2O2/c1-11(12-6-3-2-4-7-12)10-17-15(19)13-8-5-9-16-14(13)18/h2-9,11H,10H2,1H3,(H,16,18)(H,17,19). The van der Waals surface area contributed by atoms with Crippen LogP contribution in [-0.4, -0.2) is 17.4 Å². The van der Waals surface area contributed by atoms with Crippen LogP contribution in [-0.2, 0) is 0 Å². The van der Waals surface area contributed by atoms with E-state index in [-0.39, 0.29) is 22.9 Å². The summed E-state index contributed by atoms with van der Waals surface area (Å²) in [5.74, 6) is -0.141. The molecule has 2 aromatic rings. The van der Waals surface area contributed by atoms with E-state index in [1.807, 2.05) is 37.3 Å². The van der Waals surface area contributed by atoms with E-state index in [0.717, 1.165) is 5.56 Å². The molecule has 0 saturated heterocycles. The van der Waals surface area contributed by atoms with Crippen molar-refractivity contribution < 1.29 is 4.79 Å². The lowest BCUT2D eigenvalue weighted by molar-refractivity contribution is 0.0950. The summed E-state index contributed by atoms with van der Waals surface area (Å²) in [6.07, 6.45) is 1.51. The Morgan fingerprint density at radius 1 is 1.21 bits per heavy atom. The van der Waals surface area contributed by atoms with Crippen molar-refractivity contribution in [2.24, 2.45) is 0 Å². The van der Waals surface area contributed by atoms with Gasteiger partial charge in [0.1, 0.15) is 5.56 Å². The van der Waals surface area contributed by atoms with Crippen LogP contribution in [0.5, 0.6) is 0 Å². The molecule has 0 bridgehead atoms. The van der Waals surface area contributed by atoms with Gasteiger partial charge >= 0.3 is 0 Å². The molecule has 0 aliphatic carbocycles. The molecule has 4 heteroatoms. The van der Waals surface area contributed by atoms with Gasteiger partial charge in [0.2, 0.25) is 0 Å². The summed E-state index contributed by atoms with van der Waals surface area (Å²) in [7, 11) is 0. The second-order valence-corrected chi connectivity index (χ2v) is 4.43. The summed E-state index contributed by atoms with van der Waals surface area (Å²) in [4.78, 5) is 25.8. The number of H-pyrrole nitrogens is 1. The predicted molar refractivity (Wildman–Crippen MR) is 74.3 cm³/mol. The van der Waals surface area contributed by atoms with Crippen molar-refractivity contribution in [3.05, 3.63) is 70.1 Å². The maximum absolute atomic E-state index is 11.9. The number of rotatable bonds is 4. The summed E-state index contributed by atoms with van der Waals surface area (Å²) in [6.45, 7) is 2.53. The lowest BCUT2D eigenvalue weighted by atomic mass is 10.0. The van der Waals surface area contributed by atoms with E-state index in [0.29, 0.717) is 6.54 Å². The highest BCUT2D eigenvalue weighted by Crippen LogP contribution is 2.12. The van der Waals surface area contributed by atoms with E-state index < -0.39 is 0 Å². The fourth-order valence-corrected chi connectivity index (χ4v) is 1.84. The number of carbonyl (C=O) groups is 1. The summed E-state index contributed by atoms with van der Waals surface area (Å²) in [6, 6.07) is 13.1. The van der Waals surface area contributed by atoms with Crippen molar-refractivity contribution in [2.45, 2.75) is 12.8 Å². The van der Waals surface area contributed by atoms with Crippen LogP contribution >= 0.6 is 0 Å². The van der Waals surface area contributed by atoms with Crippen molar-refractivity contribution in [1.82, 2.24) is 10.3 Å². The van der Waals surface area contributed by atoms with E-state index in [1.54, 1.807) is 6.07 Å². The highest BCUT2D eigenvalue weighted by molar-refractivity contribution is 5.93. The Bertz CT molecular complexity index is 605. The summed E-state index contributed by atoms with van der Waals surface area (Å²) in [5.41, 5.74) is 0.930. The SMILES string of the molecule is CC(CNC(=O)c1ccc[nH]c1=O)c1ccccc1. The number of aromatic nitrogens is 1. The van der Waals surface area contributed by atoms with Crippen LogP contribution < -0.4 is 10.9 Å². The van der Waals surface area contributed by atoms with Gasteiger partial charge in [-0.15, -0.1) is 0 Å². The molecular formula is C15H16N2O2. The van der Waals surface area contributed by atoms with Gasteiger partial charge in [-0.05, 0) is 23.6 Å². The number of carbonyl (C=O) groups excluding carboxylic acids is 1. The normalized spacial score (nSPS) is 11.8. The molecule has 0 fully saturated rings. The fraction of sp³-hybridized carbons (Fsp3) is 0.200. The summed E-state index contributed by atoms with van der Waals surface area (Å²) < 4.78 is 0. The van der Waals surface area contributed by atoms with Gasteiger partial charge < -0.3 is 10.3 Å². The highest BCUT2D eigenvalue weighted by atomic mass is 16.2. The Morgan fingerprint density at radius 2 is 1.95 bits per heavy atom. The molecule has 1 atom stereocenters. The van der Waals surface area contributed by atoms with Crippen molar-refractivity contribution in [2.75, 3.05) is 6.54 Å². The molecule has 1 unspecified atom stereocenters. The molecule has 0 aliphatic heterocycles. The first-order valence-corrected chi connectivity index (χ1v) is 6.19. The van der Waals surface area contributed by atoms with Crippen LogP contribution in [0.25, 0.3) is 0 Å². The molecule has 0 saturated carbocycles. The Balaban J connectivity index is 1.98. The summed E-state index contributed by atoms with van der Waals surface area (Å²) in [5, 5.41) is 2.78. The van der Waals surface area contributed by atoms with Gasteiger partial charge in [0.25, 0.3) is 11.5 Å². The third-order valence-electron chi connectivity index (χ3n) is 3.00. The zero-order chi connectivity index (χ0) is 13.7. The number of nitrogens with one attached hydrogen (secondary N) is 2. The van der Waals surface area contributed by atoms with Gasteiger partial charge in [0, 0.05) is 12.7 Å². The molecule has 1 heterocycles. The number of aromatic amines is 1. The first-order valence-electron chi connectivity index (χ1n) is 6.19. The van der Waals surface area contributed by atoms with Crippen LogP contribution in [0.15, 0.2) is 53.5 Å². The zero-order valence-corrected chi connectivity index (χ0v) is 10.7. The van der Waals surface area contributed by atoms with Gasteiger partial charge in [-0.2, -0.15) is 0 Å². The minimum Gasteiger partial charge on any atom is -0.351 e. The third-order valence-corrected chi connectivity index (χ3v) is 3.00. The molecule has 98 valence electrons. The quantitative estimate of drug-likeness (QED) is 0.877. The number of hydrogen-bond acceptors (Lipinski definition) is 2. The van der Waals surface area contributed by atoms with Gasteiger partial charge in [0.05, 0.1) is 0 Å². The Morgan fingerprint density at radius 3 is 2.63 bits per heavy atom. The molecule has 4 nitrogen and oxygen atoms in total. The van der Waals surface area contributed by atoms with Crippen LogP contribution in [0.4, 0.5) is 0 Å². The molecule has 19 heavy (non-hydrogen) atoms. The predicted octanol–water partition coefficient (Wildman–Crippen LogP) is 1.91. The topological polar surface area (TPSA) is 62.0 Å². The Kier molecular flexibility index (Phi) is 4.13. The molecular weight excluding hydrogens is 240 g/mol. The number of hydrogen-bond donors (Lipinski definition) is 2. The first-order chi connectivity index (χ1) is 9.18. The van der Waals surface area contributed by atoms with Crippen LogP contribution in [0.2, 0.25) is 0 Å². The average Bonchev–Trinajstić information content (AvgIpc) is 2.46. The minimum absolute atomic E-state index is 0.141. The van der Waals surface area contributed by atoms with Gasteiger partial charge in [-0.25, -0.2) is 0 Å². The van der Waals surface area contributed by atoms with Gasteiger partial charge in [0.15, 0.2) is 0 Å². The van der Waals surface area contributed by atoms with E-state index >= 15 is 0 Å². The van der Waals surface area contributed by atoms with E-state index in [2.05, 4.69) is 10.3 Å². The van der Waals surface area contributed by atoms with Crippen LogP contribution in [0.1, 0.15) is 28.8 Å². The third kappa shape index (κ3) is 3.31. The van der Waals surface area contributed by atoms with Crippen molar-refractivity contribution in [1.29, 1.82) is 0 Å². The molecule has 0 radical (unpaired) electrons. The largest absolute Gasteiger partial charge is 0.351 e. The summed E-state index contributed by atoms with van der Waals surface area (Å²) >= 11 is 0. The lowest BCUT2D eigenvalue weighted by Crippen LogP contribution is -2.31. The molecule has 2 N–H and O–H groups in total. The monoisotopic (exact) mass is 256 g/mol. The van der Waals surface area contributed by atoms with E-state index in [1.165, 1.54) is 12.3 Å². The molecule has 1 amide bonds. The van der Waals surface area contributed by atoms with Crippen molar-refractivity contribution in [3.63, 3.8) is 0 Å². The number of benzene rings is 1. The average molecular weight is 256 g/mol. The maximum Gasteiger partial charge on any atom is 0.260 e. The zero-order valence-electron chi connectivity index (χ0n) is 10.7. The second-order valence-electron chi connectivity index (χ2n) is 4.43. The minimum atomic E-state index is -0.368. The molecule has 0 spiro atoms. The van der Waals surface area contributed by atoms with Crippen molar-refractivity contribution >= 4 is 5.91 Å². The molecule has 1 aromatic carbocycles. The van der Waals surface area contributed by atoms with Crippen LogP contribution in [0.3, 0.4) is 0 Å². The number of amides is 1. The van der Waals surface area contributed by atoms with Gasteiger partial charge in [-0.1, -0.05) is 37.3 Å². The second kappa shape index (κ2) is 6.00. The molecule has 0 aliphatic rings. The Labute approximate surface area is 111 Å². The first kappa shape index (κ1) is 13.1. The van der Waals surface area contributed by atoms with Crippen molar-refractivity contribution in [3.8, 4) is 0 Å². The van der Waals surface area contributed by atoms with Gasteiger partial charge in [-0.3, -0.25) is 9.59 Å². The van der Waals surface area contributed by atoms with E-state index in [4.69, 9.17) is 0 Å². The van der Waals surface area contributed by atoms with E-state index in [9.17, 15) is 9.59 Å². The van der Waals surface area contributed by atoms with Crippen LogP contribution in [0, 0.1) is 0 Å². The molecule has 1 aromatic heterocycles. The smallest absolute Gasteiger partial charge is 0.260 e. The number of pyridine rings is 1. The Hall–Kier alpha value is -2.36. The lowest BCUT2D eigenvalue weighted by Gasteiger charge is -2.12. The maximum atomic E-state index is 11.9.